The van der Waals surface area contributed by atoms with Gasteiger partial charge in [0.15, 0.2) is 0 Å². The van der Waals surface area contributed by atoms with Gasteiger partial charge in [-0.15, -0.1) is 0 Å². The first-order valence-electron chi connectivity index (χ1n) is 9.97. The van der Waals surface area contributed by atoms with E-state index in [0.29, 0.717) is 39.5 Å². The fraction of sp³-hybridized carbons (Fsp3) is 0.391. The van der Waals surface area contributed by atoms with Crippen LogP contribution >= 0.6 is 34.8 Å². The summed E-state index contributed by atoms with van der Waals surface area (Å²) >= 11 is 18.8. The molecule has 2 amide bonds. The van der Waals surface area contributed by atoms with Gasteiger partial charge in [-0.25, -0.2) is 0 Å². The first-order valence-corrected chi connectivity index (χ1v) is 11.1. The lowest BCUT2D eigenvalue weighted by Gasteiger charge is -2.31. The third kappa shape index (κ3) is 6.90. The predicted octanol–water partition coefficient (Wildman–Crippen LogP) is 5.77. The van der Waals surface area contributed by atoms with Crippen molar-refractivity contribution in [1.82, 2.24) is 10.2 Å². The SMILES string of the molecule is CC[C@@H](C(=O)NCC(C)C)N(Cc1c(Cl)cccc1Cl)C(=O)Cc1cccc(Cl)c1. The Morgan fingerprint density at radius 3 is 2.23 bits per heavy atom. The molecule has 0 bridgehead atoms. The molecule has 7 heteroatoms. The number of benzene rings is 2. The fourth-order valence-electron chi connectivity index (χ4n) is 3.12. The minimum atomic E-state index is -0.636. The summed E-state index contributed by atoms with van der Waals surface area (Å²) < 4.78 is 0. The molecule has 162 valence electrons. The molecule has 0 aromatic heterocycles. The molecule has 0 heterocycles. The van der Waals surface area contributed by atoms with Crippen molar-refractivity contribution < 1.29 is 9.59 Å². The van der Waals surface area contributed by atoms with Gasteiger partial charge in [0.25, 0.3) is 0 Å². The highest BCUT2D eigenvalue weighted by molar-refractivity contribution is 6.36. The normalized spacial score (nSPS) is 12.0. The van der Waals surface area contributed by atoms with Crippen molar-refractivity contribution in [3.63, 3.8) is 0 Å². The first kappa shape index (κ1) is 24.5. The van der Waals surface area contributed by atoms with Crippen LogP contribution in [0.4, 0.5) is 0 Å². The van der Waals surface area contributed by atoms with E-state index in [2.05, 4.69) is 5.32 Å². The lowest BCUT2D eigenvalue weighted by molar-refractivity contribution is -0.141. The van der Waals surface area contributed by atoms with E-state index >= 15 is 0 Å². The zero-order valence-electron chi connectivity index (χ0n) is 17.4. The highest BCUT2D eigenvalue weighted by Gasteiger charge is 2.29. The summed E-state index contributed by atoms with van der Waals surface area (Å²) in [4.78, 5) is 27.8. The molecule has 0 fully saturated rings. The van der Waals surface area contributed by atoms with Gasteiger partial charge >= 0.3 is 0 Å². The van der Waals surface area contributed by atoms with Gasteiger partial charge in [-0.3, -0.25) is 9.59 Å². The molecule has 0 aliphatic carbocycles. The van der Waals surface area contributed by atoms with Crippen LogP contribution in [0.3, 0.4) is 0 Å². The van der Waals surface area contributed by atoms with E-state index in [1.54, 1.807) is 41.3 Å². The Hall–Kier alpha value is -1.75. The Labute approximate surface area is 193 Å². The fourth-order valence-corrected chi connectivity index (χ4v) is 3.85. The van der Waals surface area contributed by atoms with E-state index in [1.165, 1.54) is 0 Å². The largest absolute Gasteiger partial charge is 0.354 e. The minimum Gasteiger partial charge on any atom is -0.354 e. The Bertz CT molecular complexity index is 866. The van der Waals surface area contributed by atoms with Gasteiger partial charge in [0.05, 0.1) is 6.42 Å². The number of hydrogen-bond acceptors (Lipinski definition) is 2. The zero-order valence-corrected chi connectivity index (χ0v) is 19.7. The molecule has 0 saturated heterocycles. The van der Waals surface area contributed by atoms with E-state index in [0.717, 1.165) is 5.56 Å². The molecule has 0 aliphatic rings. The summed E-state index contributed by atoms with van der Waals surface area (Å²) in [5.41, 5.74) is 1.40. The van der Waals surface area contributed by atoms with Gasteiger partial charge in [-0.05, 0) is 42.2 Å². The van der Waals surface area contributed by atoms with Crippen LogP contribution in [0, 0.1) is 5.92 Å². The average molecular weight is 470 g/mol. The highest BCUT2D eigenvalue weighted by atomic mass is 35.5. The van der Waals surface area contributed by atoms with Crippen molar-refractivity contribution in [2.75, 3.05) is 6.54 Å². The maximum Gasteiger partial charge on any atom is 0.242 e. The van der Waals surface area contributed by atoms with Crippen LogP contribution in [0.25, 0.3) is 0 Å². The molecule has 1 N–H and O–H groups in total. The molecule has 0 radical (unpaired) electrons. The van der Waals surface area contributed by atoms with Crippen LogP contribution in [-0.4, -0.2) is 29.3 Å². The molecule has 2 rings (SSSR count). The van der Waals surface area contributed by atoms with Crippen LogP contribution in [0.5, 0.6) is 0 Å². The number of carbonyl (C=O) groups excluding carboxylic acids is 2. The van der Waals surface area contributed by atoms with Crippen LogP contribution < -0.4 is 5.32 Å². The number of nitrogens with one attached hydrogen (secondary N) is 1. The van der Waals surface area contributed by atoms with E-state index in [-0.39, 0.29) is 24.8 Å². The van der Waals surface area contributed by atoms with Gasteiger partial charge in [0, 0.05) is 33.7 Å². The maximum atomic E-state index is 13.3. The number of nitrogens with zero attached hydrogens (tertiary/aromatic N) is 1. The second kappa shape index (κ2) is 11.6. The summed E-state index contributed by atoms with van der Waals surface area (Å²) in [5.74, 6) is -0.0753. The summed E-state index contributed by atoms with van der Waals surface area (Å²) in [6.07, 6.45) is 0.587. The number of rotatable bonds is 9. The van der Waals surface area contributed by atoms with Crippen LogP contribution in [0.15, 0.2) is 42.5 Å². The van der Waals surface area contributed by atoms with Crippen molar-refractivity contribution >= 4 is 46.6 Å². The molecule has 0 spiro atoms. The quantitative estimate of drug-likeness (QED) is 0.507. The summed E-state index contributed by atoms with van der Waals surface area (Å²) in [6, 6.07) is 11.7. The second-order valence-electron chi connectivity index (χ2n) is 7.59. The molecular formula is C23H27Cl3N2O2. The summed E-state index contributed by atoms with van der Waals surface area (Å²) in [6.45, 7) is 6.61. The molecule has 0 aliphatic heterocycles. The monoisotopic (exact) mass is 468 g/mol. The van der Waals surface area contributed by atoms with Gasteiger partial charge < -0.3 is 10.2 Å². The third-order valence-corrected chi connectivity index (χ3v) is 5.65. The molecule has 30 heavy (non-hydrogen) atoms. The van der Waals surface area contributed by atoms with Gasteiger partial charge in [0.2, 0.25) is 11.8 Å². The molecular weight excluding hydrogens is 443 g/mol. The van der Waals surface area contributed by atoms with Crippen molar-refractivity contribution in [2.24, 2.45) is 5.92 Å². The molecule has 4 nitrogen and oxygen atoms in total. The second-order valence-corrected chi connectivity index (χ2v) is 8.84. The van der Waals surface area contributed by atoms with Gasteiger partial charge in [0.1, 0.15) is 6.04 Å². The number of amides is 2. The number of hydrogen-bond donors (Lipinski definition) is 1. The van der Waals surface area contributed by atoms with E-state index in [4.69, 9.17) is 34.8 Å². The molecule has 2 aromatic carbocycles. The summed E-state index contributed by atoms with van der Waals surface area (Å²) in [7, 11) is 0. The lowest BCUT2D eigenvalue weighted by atomic mass is 10.1. The van der Waals surface area contributed by atoms with Gasteiger partial charge in [-0.2, -0.15) is 0 Å². The minimum absolute atomic E-state index is 0.122. The van der Waals surface area contributed by atoms with Gasteiger partial charge in [-0.1, -0.05) is 73.8 Å². The molecule has 0 saturated carbocycles. The topological polar surface area (TPSA) is 49.4 Å². The Morgan fingerprint density at radius 2 is 1.67 bits per heavy atom. The van der Waals surface area contributed by atoms with Crippen LogP contribution in [-0.2, 0) is 22.6 Å². The number of carbonyl (C=O) groups is 2. The Morgan fingerprint density at radius 1 is 1.03 bits per heavy atom. The molecule has 1 atom stereocenters. The van der Waals surface area contributed by atoms with E-state index in [9.17, 15) is 9.59 Å². The van der Waals surface area contributed by atoms with Crippen molar-refractivity contribution in [3.8, 4) is 0 Å². The standard InChI is InChI=1S/C23H27Cl3N2O2/c1-4-21(23(30)27-13-15(2)3)28(14-18-19(25)9-6-10-20(18)26)22(29)12-16-7-5-8-17(24)11-16/h5-11,15,21H,4,12-14H2,1-3H3,(H,27,30)/t21-/m0/s1. The molecule has 2 aromatic rings. The molecule has 0 unspecified atom stereocenters. The predicted molar refractivity (Wildman–Crippen MR) is 124 cm³/mol. The van der Waals surface area contributed by atoms with Crippen LogP contribution in [0.1, 0.15) is 38.3 Å². The van der Waals surface area contributed by atoms with E-state index < -0.39 is 6.04 Å². The van der Waals surface area contributed by atoms with Crippen LogP contribution in [0.2, 0.25) is 15.1 Å². The highest BCUT2D eigenvalue weighted by Crippen LogP contribution is 2.27. The smallest absolute Gasteiger partial charge is 0.242 e. The lowest BCUT2D eigenvalue weighted by Crippen LogP contribution is -2.50. The zero-order chi connectivity index (χ0) is 22.3. The van der Waals surface area contributed by atoms with E-state index in [1.807, 2.05) is 26.8 Å². The summed E-state index contributed by atoms with van der Waals surface area (Å²) in [5, 5.41) is 4.41. The van der Waals surface area contributed by atoms with Crippen molar-refractivity contribution in [2.45, 2.75) is 46.2 Å². The third-order valence-electron chi connectivity index (χ3n) is 4.70. The van der Waals surface area contributed by atoms with Crippen molar-refractivity contribution in [1.29, 1.82) is 0 Å². The Kier molecular flexibility index (Phi) is 9.47. The first-order chi connectivity index (χ1) is 14.2. The average Bonchev–Trinajstić information content (AvgIpc) is 2.68. The Balaban J connectivity index is 2.34. The maximum absolute atomic E-state index is 13.3. The van der Waals surface area contributed by atoms with Crippen molar-refractivity contribution in [3.05, 3.63) is 68.7 Å². The number of halogens is 3.